The van der Waals surface area contributed by atoms with E-state index in [1.165, 1.54) is 53.2 Å². The first kappa shape index (κ1) is 17.6. The van der Waals surface area contributed by atoms with Crippen LogP contribution < -0.4 is 10.4 Å². The zero-order valence-corrected chi connectivity index (χ0v) is 18.4. The van der Waals surface area contributed by atoms with Crippen LogP contribution in [0, 0.1) is 0 Å². The van der Waals surface area contributed by atoms with Crippen LogP contribution in [0.15, 0.2) is 50.8 Å². The Hall–Kier alpha value is -1.51. The van der Waals surface area contributed by atoms with Gasteiger partial charge >= 0.3 is 0 Å². The average molecular weight is 435 g/mol. The molecule has 1 atom stereocenters. The first-order chi connectivity index (χ1) is 13.0. The Kier molecular flexibility index (Phi) is 4.25. The lowest BCUT2D eigenvalue weighted by Crippen LogP contribution is -2.17. The number of hydrogen-bond acceptors (Lipinski definition) is 1. The molecule has 0 fully saturated rings. The number of hydrogen-bond donors (Lipinski definition) is 0. The molecule has 5 rings (SSSR count). The molecule has 1 unspecified atom stereocenters. The summed E-state index contributed by atoms with van der Waals surface area (Å²) < 4.78 is 1.30. The zero-order chi connectivity index (χ0) is 18.7. The van der Waals surface area contributed by atoms with Crippen molar-refractivity contribution in [3.8, 4) is 0 Å². The Bertz CT molecular complexity index is 1160. The Morgan fingerprint density at radius 3 is 2.74 bits per heavy atom. The molecule has 2 aromatic rings. The minimum absolute atomic E-state index is 0.578. The van der Waals surface area contributed by atoms with Crippen LogP contribution in [-0.4, -0.2) is 5.25 Å². The first-order valence-corrected chi connectivity index (χ1v) is 11.4. The molecule has 2 heteroatoms. The predicted octanol–water partition coefficient (Wildman–Crippen LogP) is 6.10. The van der Waals surface area contributed by atoms with Crippen molar-refractivity contribution >= 4 is 51.0 Å². The van der Waals surface area contributed by atoms with Crippen molar-refractivity contribution in [2.24, 2.45) is 0 Å². The molecule has 0 aromatic heterocycles. The van der Waals surface area contributed by atoms with E-state index in [4.69, 9.17) is 0 Å². The highest BCUT2D eigenvalue weighted by atomic mass is 79.9. The molecule has 0 saturated heterocycles. The van der Waals surface area contributed by atoms with E-state index < -0.39 is 0 Å². The van der Waals surface area contributed by atoms with Gasteiger partial charge in [-0.25, -0.2) is 0 Å². The summed E-state index contributed by atoms with van der Waals surface area (Å²) in [5, 5.41) is 3.46. The molecule has 1 heterocycles. The fourth-order valence-electron chi connectivity index (χ4n) is 4.62. The van der Waals surface area contributed by atoms with Gasteiger partial charge in [-0.1, -0.05) is 41.5 Å². The topological polar surface area (TPSA) is 0 Å². The predicted molar refractivity (Wildman–Crippen MR) is 122 cm³/mol. The van der Waals surface area contributed by atoms with E-state index in [-0.39, 0.29) is 0 Å². The third-order valence-corrected chi connectivity index (χ3v) is 8.37. The van der Waals surface area contributed by atoms with Gasteiger partial charge in [-0.2, -0.15) is 0 Å². The number of rotatable bonds is 3. The van der Waals surface area contributed by atoms with Gasteiger partial charge < -0.3 is 0 Å². The third kappa shape index (κ3) is 2.80. The van der Waals surface area contributed by atoms with E-state index in [1.807, 2.05) is 11.8 Å². The minimum Gasteiger partial charge on any atom is -0.118 e. The number of allylic oxidation sites excluding steroid dienone is 2. The molecule has 0 radical (unpaired) electrons. The summed E-state index contributed by atoms with van der Waals surface area (Å²) >= 11 is 5.94. The molecule has 136 valence electrons. The molecule has 0 N–H and O–H groups in total. The molecule has 3 aliphatic rings. The second-order valence-electron chi connectivity index (χ2n) is 7.95. The van der Waals surface area contributed by atoms with Gasteiger partial charge in [-0.15, -0.1) is 11.8 Å². The summed E-state index contributed by atoms with van der Waals surface area (Å²) in [5.74, 6) is 0. The first-order valence-electron chi connectivity index (χ1n) is 9.72. The van der Waals surface area contributed by atoms with Crippen LogP contribution in [0.5, 0.6) is 0 Å². The summed E-state index contributed by atoms with van der Waals surface area (Å²) in [6, 6.07) is 11.2. The normalized spacial score (nSPS) is 19.8. The molecule has 0 nitrogen and oxygen atoms in total. The van der Waals surface area contributed by atoms with Gasteiger partial charge in [0.05, 0.1) is 0 Å². The van der Waals surface area contributed by atoms with Crippen molar-refractivity contribution in [2.45, 2.75) is 50.2 Å². The molecule has 0 bridgehead atoms. The highest BCUT2D eigenvalue weighted by Crippen LogP contribution is 2.36. The number of thioether (sulfide) groups is 1. The van der Waals surface area contributed by atoms with Gasteiger partial charge in [0.25, 0.3) is 0 Å². The largest absolute Gasteiger partial charge is 0.118 e. The van der Waals surface area contributed by atoms with Crippen molar-refractivity contribution in [2.75, 3.05) is 0 Å². The second kappa shape index (κ2) is 6.53. The molecule has 0 spiro atoms. The van der Waals surface area contributed by atoms with Crippen LogP contribution in [0.2, 0.25) is 0 Å². The lowest BCUT2D eigenvalue weighted by Gasteiger charge is -2.07. The highest BCUT2D eigenvalue weighted by molar-refractivity contribution is 9.10. The van der Waals surface area contributed by atoms with Crippen molar-refractivity contribution in [1.82, 2.24) is 0 Å². The monoisotopic (exact) mass is 434 g/mol. The van der Waals surface area contributed by atoms with E-state index in [2.05, 4.69) is 79.2 Å². The standard InChI is InChI=1S/C25H23BrS/c1-14-10-22-21(13-23-24(25(22)26)15(2)16(3)27-23)20(14)9-8-17-11-18-6-4-5-7-19(18)12-17/h4-7,10-11,13,16H,8-9,12H2,1-3H3. The van der Waals surface area contributed by atoms with Crippen LogP contribution in [0.4, 0.5) is 0 Å². The molecular weight excluding hydrogens is 412 g/mol. The number of fused-ring (bicyclic) bond motifs is 3. The van der Waals surface area contributed by atoms with Gasteiger partial charge in [0.15, 0.2) is 0 Å². The van der Waals surface area contributed by atoms with Gasteiger partial charge in [-0.3, -0.25) is 0 Å². The number of halogens is 1. The van der Waals surface area contributed by atoms with Crippen LogP contribution in [-0.2, 0) is 6.42 Å². The van der Waals surface area contributed by atoms with Crippen molar-refractivity contribution in [1.29, 1.82) is 0 Å². The second-order valence-corrected chi connectivity index (χ2v) is 10.1. The summed E-state index contributed by atoms with van der Waals surface area (Å²) in [4.78, 5) is 1.44. The molecule has 0 saturated carbocycles. The SMILES string of the molecule is CC1=Cc2c(Br)c3c(cc2=C1CCC1=Cc2ccccc2C1)SC(C)C=3C. The van der Waals surface area contributed by atoms with E-state index in [1.54, 1.807) is 5.57 Å². The maximum Gasteiger partial charge on any atom is 0.0337 e. The lowest BCUT2D eigenvalue weighted by molar-refractivity contribution is 0.955. The van der Waals surface area contributed by atoms with Crippen molar-refractivity contribution in [3.63, 3.8) is 0 Å². The summed E-state index contributed by atoms with van der Waals surface area (Å²) in [6.07, 6.45) is 8.18. The number of benzene rings is 2. The average Bonchev–Trinajstić information content (AvgIpc) is 3.28. The maximum atomic E-state index is 3.94. The molecule has 27 heavy (non-hydrogen) atoms. The van der Waals surface area contributed by atoms with E-state index >= 15 is 0 Å². The van der Waals surface area contributed by atoms with Crippen LogP contribution >= 0.6 is 27.7 Å². The Morgan fingerprint density at radius 1 is 1.11 bits per heavy atom. The van der Waals surface area contributed by atoms with Gasteiger partial charge in [0.1, 0.15) is 0 Å². The molecule has 2 aromatic carbocycles. The van der Waals surface area contributed by atoms with E-state index in [9.17, 15) is 0 Å². The summed E-state index contributed by atoms with van der Waals surface area (Å²) in [7, 11) is 0. The lowest BCUT2D eigenvalue weighted by atomic mass is 9.99. The summed E-state index contributed by atoms with van der Waals surface area (Å²) in [6.45, 7) is 6.87. The zero-order valence-electron chi connectivity index (χ0n) is 16.0. The quantitative estimate of drug-likeness (QED) is 0.561. The van der Waals surface area contributed by atoms with Crippen molar-refractivity contribution < 1.29 is 0 Å². The molecule has 0 amide bonds. The maximum absolute atomic E-state index is 3.94. The van der Waals surface area contributed by atoms with Gasteiger partial charge in [0, 0.05) is 19.8 Å². The molecule has 2 aliphatic carbocycles. The Labute approximate surface area is 173 Å². The van der Waals surface area contributed by atoms with Gasteiger partial charge in [0.2, 0.25) is 0 Å². The van der Waals surface area contributed by atoms with Crippen LogP contribution in [0.25, 0.3) is 23.3 Å². The van der Waals surface area contributed by atoms with Gasteiger partial charge in [-0.05, 0) is 101 Å². The summed E-state index contributed by atoms with van der Waals surface area (Å²) in [5.41, 5.74) is 10.3. The molecule has 1 aliphatic heterocycles. The van der Waals surface area contributed by atoms with Crippen LogP contribution in [0.1, 0.15) is 50.3 Å². The minimum atomic E-state index is 0.578. The third-order valence-electron chi connectivity index (χ3n) is 6.27. The molecular formula is C25H23BrS. The smallest absolute Gasteiger partial charge is 0.0337 e. The Morgan fingerprint density at radius 2 is 1.93 bits per heavy atom. The van der Waals surface area contributed by atoms with E-state index in [0.717, 1.165) is 19.3 Å². The Balaban J connectivity index is 1.51. The van der Waals surface area contributed by atoms with Crippen molar-refractivity contribution in [3.05, 3.63) is 73.1 Å². The van der Waals surface area contributed by atoms with E-state index in [0.29, 0.717) is 5.25 Å². The highest BCUT2D eigenvalue weighted by Gasteiger charge is 2.24. The fourth-order valence-corrected chi connectivity index (χ4v) is 6.85. The van der Waals surface area contributed by atoms with Crippen LogP contribution in [0.3, 0.4) is 0 Å². The fraction of sp³-hybridized carbons (Fsp3) is 0.280.